The van der Waals surface area contributed by atoms with E-state index >= 15 is 0 Å². The third kappa shape index (κ3) is 1.24. The van der Waals surface area contributed by atoms with Crippen molar-refractivity contribution in [2.24, 2.45) is 0 Å². The van der Waals surface area contributed by atoms with Crippen molar-refractivity contribution in [1.29, 1.82) is 0 Å². The average molecular weight is 210 g/mol. The van der Waals surface area contributed by atoms with Crippen LogP contribution in [0.5, 0.6) is 5.75 Å². The minimum Gasteiger partial charge on any atom is -0.340 e. The minimum absolute atomic E-state index is 0.489. The van der Waals surface area contributed by atoms with Gasteiger partial charge in [-0.3, -0.25) is 0 Å². The van der Waals surface area contributed by atoms with Crippen LogP contribution >= 0.6 is 0 Å². The van der Waals surface area contributed by atoms with E-state index in [0.29, 0.717) is 5.75 Å². The lowest BCUT2D eigenvalue weighted by Crippen LogP contribution is -1.85. The molecule has 78 valence electrons. The summed E-state index contributed by atoms with van der Waals surface area (Å²) in [7, 11) is 0. The normalized spacial score (nSPS) is 10.8. The summed E-state index contributed by atoms with van der Waals surface area (Å²) in [6, 6.07) is 17.8. The fourth-order valence-corrected chi connectivity index (χ4v) is 2.09. The van der Waals surface area contributed by atoms with Crippen molar-refractivity contribution in [3.63, 3.8) is 0 Å². The molecule has 0 heterocycles. The van der Waals surface area contributed by atoms with Crippen LogP contribution < -0.4 is 4.89 Å². The molecule has 0 aliphatic heterocycles. The number of rotatable bonds is 1. The van der Waals surface area contributed by atoms with Gasteiger partial charge in [0.05, 0.1) is 0 Å². The first-order valence-electron chi connectivity index (χ1n) is 5.12. The minimum atomic E-state index is 0.489. The third-order valence-electron chi connectivity index (χ3n) is 2.84. The van der Waals surface area contributed by atoms with Gasteiger partial charge in [0.2, 0.25) is 0 Å². The first-order valence-corrected chi connectivity index (χ1v) is 5.12. The highest BCUT2D eigenvalue weighted by Gasteiger charge is 2.04. The van der Waals surface area contributed by atoms with Gasteiger partial charge in [0, 0.05) is 5.39 Å². The van der Waals surface area contributed by atoms with E-state index in [-0.39, 0.29) is 0 Å². The zero-order chi connectivity index (χ0) is 11.0. The highest BCUT2D eigenvalue weighted by Crippen LogP contribution is 2.31. The SMILES string of the molecule is OOc1cccc2c1ccc1ccccc12. The van der Waals surface area contributed by atoms with E-state index < -0.39 is 0 Å². The standard InChI is InChI=1S/C14H10O2/c15-16-14-7-3-6-12-11-5-2-1-4-10(11)8-9-13(12)14/h1-9,15H. The lowest BCUT2D eigenvalue weighted by molar-refractivity contribution is -0.136. The molecule has 0 atom stereocenters. The first-order chi connectivity index (χ1) is 7.90. The Morgan fingerprint density at radius 3 is 2.38 bits per heavy atom. The van der Waals surface area contributed by atoms with Crippen LogP contribution in [0.2, 0.25) is 0 Å². The Labute approximate surface area is 92.6 Å². The van der Waals surface area contributed by atoms with Gasteiger partial charge < -0.3 is 4.89 Å². The molecule has 1 N–H and O–H groups in total. The van der Waals surface area contributed by atoms with E-state index in [1.54, 1.807) is 6.07 Å². The van der Waals surface area contributed by atoms with Gasteiger partial charge in [-0.05, 0) is 28.3 Å². The van der Waals surface area contributed by atoms with E-state index in [4.69, 9.17) is 5.26 Å². The zero-order valence-electron chi connectivity index (χ0n) is 8.55. The van der Waals surface area contributed by atoms with Crippen LogP contribution in [0.4, 0.5) is 0 Å². The lowest BCUT2D eigenvalue weighted by Gasteiger charge is -2.06. The molecule has 2 nitrogen and oxygen atoms in total. The van der Waals surface area contributed by atoms with Crippen molar-refractivity contribution in [1.82, 2.24) is 0 Å². The van der Waals surface area contributed by atoms with Gasteiger partial charge in [-0.1, -0.05) is 42.5 Å². The molecule has 3 aromatic rings. The van der Waals surface area contributed by atoms with E-state index in [0.717, 1.165) is 10.8 Å². The quantitative estimate of drug-likeness (QED) is 0.375. The van der Waals surface area contributed by atoms with Crippen molar-refractivity contribution in [3.05, 3.63) is 54.6 Å². The Kier molecular flexibility index (Phi) is 2.01. The molecule has 0 unspecified atom stereocenters. The Morgan fingerprint density at radius 1 is 0.688 bits per heavy atom. The van der Waals surface area contributed by atoms with Crippen LogP contribution in [0.25, 0.3) is 21.5 Å². The van der Waals surface area contributed by atoms with E-state index in [1.807, 2.05) is 36.4 Å². The maximum absolute atomic E-state index is 8.81. The topological polar surface area (TPSA) is 29.5 Å². The second kappa shape index (κ2) is 3.51. The van der Waals surface area contributed by atoms with E-state index in [2.05, 4.69) is 17.0 Å². The van der Waals surface area contributed by atoms with Crippen molar-refractivity contribution in [2.75, 3.05) is 0 Å². The van der Waals surface area contributed by atoms with E-state index in [1.165, 1.54) is 10.8 Å². The first kappa shape index (κ1) is 9.19. The molecule has 0 saturated carbocycles. The molecular formula is C14H10O2. The number of hydrogen-bond acceptors (Lipinski definition) is 2. The summed E-state index contributed by atoms with van der Waals surface area (Å²) in [5.74, 6) is 0.489. The molecule has 0 aromatic heterocycles. The average Bonchev–Trinajstić information content (AvgIpc) is 2.37. The van der Waals surface area contributed by atoms with Crippen molar-refractivity contribution >= 4 is 21.5 Å². The smallest absolute Gasteiger partial charge is 0.172 e. The Balaban J connectivity index is 2.52. The molecule has 0 aliphatic carbocycles. The maximum Gasteiger partial charge on any atom is 0.172 e. The van der Waals surface area contributed by atoms with Crippen LogP contribution in [0.3, 0.4) is 0 Å². The van der Waals surface area contributed by atoms with Gasteiger partial charge in [-0.25, -0.2) is 5.26 Å². The summed E-state index contributed by atoms with van der Waals surface area (Å²) in [4.78, 5) is 4.38. The molecule has 3 rings (SSSR count). The highest BCUT2D eigenvalue weighted by molar-refractivity contribution is 6.09. The molecule has 0 amide bonds. The van der Waals surface area contributed by atoms with Crippen molar-refractivity contribution in [2.45, 2.75) is 0 Å². The Bertz CT molecular complexity index is 659. The Morgan fingerprint density at radius 2 is 1.50 bits per heavy atom. The summed E-state index contributed by atoms with van der Waals surface area (Å²) < 4.78 is 0. The summed E-state index contributed by atoms with van der Waals surface area (Å²) in [6.07, 6.45) is 0. The van der Waals surface area contributed by atoms with Gasteiger partial charge in [0.1, 0.15) is 0 Å². The van der Waals surface area contributed by atoms with Crippen molar-refractivity contribution in [3.8, 4) is 5.75 Å². The van der Waals surface area contributed by atoms with Crippen LogP contribution in [0.1, 0.15) is 0 Å². The molecule has 0 aliphatic rings. The summed E-state index contributed by atoms with van der Waals surface area (Å²) in [5, 5.41) is 13.2. The zero-order valence-corrected chi connectivity index (χ0v) is 8.55. The molecule has 0 fully saturated rings. The second-order valence-corrected chi connectivity index (χ2v) is 3.73. The summed E-state index contributed by atoms with van der Waals surface area (Å²) >= 11 is 0. The number of fused-ring (bicyclic) bond motifs is 3. The number of benzene rings is 3. The van der Waals surface area contributed by atoms with Gasteiger partial charge in [-0.15, -0.1) is 0 Å². The van der Waals surface area contributed by atoms with Gasteiger partial charge in [0.25, 0.3) is 0 Å². The molecule has 0 radical (unpaired) electrons. The molecule has 0 bridgehead atoms. The molecule has 3 aromatic carbocycles. The largest absolute Gasteiger partial charge is 0.340 e. The number of hydrogen-bond donors (Lipinski definition) is 1. The van der Waals surface area contributed by atoms with Gasteiger partial charge in [0.15, 0.2) is 5.75 Å². The molecule has 0 spiro atoms. The summed E-state index contributed by atoms with van der Waals surface area (Å²) in [5.41, 5.74) is 0. The maximum atomic E-state index is 8.81. The monoisotopic (exact) mass is 210 g/mol. The molecular weight excluding hydrogens is 200 g/mol. The molecule has 2 heteroatoms. The van der Waals surface area contributed by atoms with Crippen LogP contribution in [0, 0.1) is 0 Å². The fraction of sp³-hybridized carbons (Fsp3) is 0. The second-order valence-electron chi connectivity index (χ2n) is 3.73. The van der Waals surface area contributed by atoms with Gasteiger partial charge in [-0.2, -0.15) is 0 Å². The lowest BCUT2D eigenvalue weighted by atomic mass is 10.0. The van der Waals surface area contributed by atoms with Gasteiger partial charge >= 0.3 is 0 Å². The fourth-order valence-electron chi connectivity index (χ4n) is 2.09. The van der Waals surface area contributed by atoms with Crippen molar-refractivity contribution < 1.29 is 10.1 Å². The predicted molar refractivity (Wildman–Crippen MR) is 64.7 cm³/mol. The third-order valence-corrected chi connectivity index (χ3v) is 2.84. The van der Waals surface area contributed by atoms with Crippen LogP contribution in [-0.2, 0) is 0 Å². The summed E-state index contributed by atoms with van der Waals surface area (Å²) in [6.45, 7) is 0. The van der Waals surface area contributed by atoms with Crippen LogP contribution in [-0.4, -0.2) is 5.26 Å². The Hall–Kier alpha value is -2.06. The predicted octanol–water partition coefficient (Wildman–Crippen LogP) is 3.84. The highest BCUT2D eigenvalue weighted by atomic mass is 17.1. The molecule has 0 saturated heterocycles. The van der Waals surface area contributed by atoms with E-state index in [9.17, 15) is 0 Å². The molecule has 16 heavy (non-hydrogen) atoms. The van der Waals surface area contributed by atoms with Crippen LogP contribution in [0.15, 0.2) is 54.6 Å².